The van der Waals surface area contributed by atoms with Crippen LogP contribution in [0.25, 0.3) is 0 Å². The van der Waals surface area contributed by atoms with Gasteiger partial charge in [0.15, 0.2) is 18.1 Å². The molecule has 0 N–H and O–H groups in total. The van der Waals surface area contributed by atoms with E-state index in [4.69, 9.17) is 25.8 Å². The van der Waals surface area contributed by atoms with Gasteiger partial charge in [0, 0.05) is 21.7 Å². The van der Waals surface area contributed by atoms with Gasteiger partial charge in [0.05, 0.1) is 24.2 Å². The lowest BCUT2D eigenvalue weighted by molar-refractivity contribution is -0.385. The molecule has 2 rings (SSSR count). The van der Waals surface area contributed by atoms with Crippen LogP contribution in [0, 0.1) is 10.1 Å². The van der Waals surface area contributed by atoms with E-state index in [1.807, 2.05) is 24.3 Å². The maximum Gasteiger partial charge on any atom is 0.344 e. The summed E-state index contributed by atoms with van der Waals surface area (Å²) in [6.07, 6.45) is 0. The fraction of sp³-hybridized carbons (Fsp3) is 0.278. The molecule has 0 aliphatic heterocycles. The van der Waals surface area contributed by atoms with Crippen LogP contribution in [0.1, 0.15) is 6.92 Å². The van der Waals surface area contributed by atoms with Crippen LogP contribution in [0.15, 0.2) is 47.4 Å². The van der Waals surface area contributed by atoms with Gasteiger partial charge in [-0.3, -0.25) is 10.1 Å². The highest BCUT2D eigenvalue weighted by molar-refractivity contribution is 7.99. The minimum absolute atomic E-state index is 0.119. The van der Waals surface area contributed by atoms with Gasteiger partial charge < -0.3 is 14.2 Å². The number of hydrogen-bond donors (Lipinski definition) is 0. The first-order valence-corrected chi connectivity index (χ1v) is 9.44. The van der Waals surface area contributed by atoms with E-state index in [0.717, 1.165) is 4.90 Å². The maximum atomic E-state index is 11.5. The number of ether oxygens (including phenoxy) is 3. The van der Waals surface area contributed by atoms with E-state index in [-0.39, 0.29) is 24.7 Å². The summed E-state index contributed by atoms with van der Waals surface area (Å²) in [6, 6.07) is 11.4. The van der Waals surface area contributed by atoms with Gasteiger partial charge in [-0.2, -0.15) is 0 Å². The van der Waals surface area contributed by atoms with E-state index in [9.17, 15) is 14.9 Å². The van der Waals surface area contributed by atoms with Gasteiger partial charge in [-0.05, 0) is 37.3 Å². The Morgan fingerprint density at radius 3 is 2.56 bits per heavy atom. The van der Waals surface area contributed by atoms with Crippen LogP contribution in [-0.4, -0.2) is 36.5 Å². The predicted molar refractivity (Wildman–Crippen MR) is 103 cm³/mol. The van der Waals surface area contributed by atoms with Crippen LogP contribution < -0.4 is 9.47 Å². The quantitative estimate of drug-likeness (QED) is 0.189. The molecule has 7 nitrogen and oxygen atoms in total. The first-order valence-electron chi connectivity index (χ1n) is 8.07. The number of thioether (sulfide) groups is 1. The Bertz CT molecular complexity index is 784. The Hall–Kier alpha value is -2.45. The number of halogens is 1. The van der Waals surface area contributed by atoms with Crippen molar-refractivity contribution in [2.75, 3.05) is 25.6 Å². The van der Waals surface area contributed by atoms with Crippen LogP contribution in [-0.2, 0) is 9.53 Å². The fourth-order valence-electron chi connectivity index (χ4n) is 2.02. The maximum absolute atomic E-state index is 11.5. The summed E-state index contributed by atoms with van der Waals surface area (Å²) in [5.74, 6) is 0.527. The van der Waals surface area contributed by atoms with Crippen molar-refractivity contribution in [2.45, 2.75) is 11.8 Å². The average Bonchev–Trinajstić information content (AvgIpc) is 2.65. The second-order valence-electron chi connectivity index (χ2n) is 5.13. The van der Waals surface area contributed by atoms with Crippen LogP contribution in [0.2, 0.25) is 5.02 Å². The van der Waals surface area contributed by atoms with Gasteiger partial charge >= 0.3 is 5.97 Å². The molecule has 0 unspecified atom stereocenters. The predicted octanol–water partition coefficient (Wildman–Crippen LogP) is 4.36. The van der Waals surface area contributed by atoms with Crippen molar-refractivity contribution >= 4 is 35.0 Å². The fourth-order valence-corrected chi connectivity index (χ4v) is 2.88. The van der Waals surface area contributed by atoms with E-state index in [1.165, 1.54) is 18.2 Å². The molecule has 0 atom stereocenters. The van der Waals surface area contributed by atoms with Gasteiger partial charge in [0.25, 0.3) is 5.69 Å². The van der Waals surface area contributed by atoms with Crippen molar-refractivity contribution in [1.82, 2.24) is 0 Å². The lowest BCUT2D eigenvalue weighted by atomic mass is 10.3. The minimum Gasteiger partial charge on any atom is -0.489 e. The topological polar surface area (TPSA) is 87.9 Å². The number of nitrogens with zero attached hydrogens (tertiary/aromatic N) is 1. The molecule has 0 heterocycles. The summed E-state index contributed by atoms with van der Waals surface area (Å²) >= 11 is 7.43. The zero-order valence-electron chi connectivity index (χ0n) is 14.6. The normalized spacial score (nSPS) is 10.3. The van der Waals surface area contributed by atoms with Gasteiger partial charge in [-0.15, -0.1) is 11.8 Å². The van der Waals surface area contributed by atoms with Crippen LogP contribution >= 0.6 is 23.4 Å². The number of non-ortho nitro benzene ring substituents is 1. The van der Waals surface area contributed by atoms with Crippen LogP contribution in [0.5, 0.6) is 11.5 Å². The Kier molecular flexibility index (Phi) is 8.22. The van der Waals surface area contributed by atoms with Gasteiger partial charge in [0.2, 0.25) is 0 Å². The number of nitro benzene ring substituents is 1. The molecule has 144 valence electrons. The van der Waals surface area contributed by atoms with E-state index in [1.54, 1.807) is 18.7 Å². The summed E-state index contributed by atoms with van der Waals surface area (Å²) in [7, 11) is 0. The Balaban J connectivity index is 1.95. The second kappa shape index (κ2) is 10.6. The van der Waals surface area contributed by atoms with Gasteiger partial charge in [-0.25, -0.2) is 4.79 Å². The van der Waals surface area contributed by atoms with Crippen molar-refractivity contribution in [2.24, 2.45) is 0 Å². The van der Waals surface area contributed by atoms with Crippen LogP contribution in [0.3, 0.4) is 0 Å². The van der Waals surface area contributed by atoms with Gasteiger partial charge in [-0.1, -0.05) is 11.6 Å². The molecule has 0 amide bonds. The van der Waals surface area contributed by atoms with Crippen molar-refractivity contribution in [3.05, 3.63) is 57.6 Å². The third-order valence-corrected chi connectivity index (χ3v) is 4.44. The van der Waals surface area contributed by atoms with E-state index in [2.05, 4.69) is 0 Å². The van der Waals surface area contributed by atoms with E-state index < -0.39 is 10.9 Å². The number of carbonyl (C=O) groups excluding carboxylic acids is 1. The summed E-state index contributed by atoms with van der Waals surface area (Å²) in [5.41, 5.74) is -0.156. The molecule has 0 radical (unpaired) electrons. The number of esters is 1. The van der Waals surface area contributed by atoms with Crippen molar-refractivity contribution in [3.8, 4) is 11.5 Å². The molecular weight excluding hydrogens is 394 g/mol. The van der Waals surface area contributed by atoms with Crippen molar-refractivity contribution < 1.29 is 23.9 Å². The molecule has 0 aromatic heterocycles. The lowest BCUT2D eigenvalue weighted by Gasteiger charge is -2.12. The van der Waals surface area contributed by atoms with Crippen LogP contribution in [0.4, 0.5) is 5.69 Å². The summed E-state index contributed by atoms with van der Waals surface area (Å²) in [6.45, 7) is 1.90. The number of rotatable bonds is 10. The molecule has 2 aromatic rings. The molecule has 2 aromatic carbocycles. The Morgan fingerprint density at radius 1 is 1.15 bits per heavy atom. The molecule has 0 aliphatic rings. The smallest absolute Gasteiger partial charge is 0.344 e. The SMILES string of the molecule is CCOC(=O)COc1cc([N+](=O)[O-])ccc1OCCSc1ccc(Cl)cc1. The minimum atomic E-state index is -0.562. The molecule has 0 aliphatic carbocycles. The third-order valence-electron chi connectivity index (χ3n) is 3.21. The summed E-state index contributed by atoms with van der Waals surface area (Å²) in [5, 5.41) is 11.6. The molecule has 0 bridgehead atoms. The Labute approximate surface area is 165 Å². The van der Waals surface area contributed by atoms with Crippen molar-refractivity contribution in [1.29, 1.82) is 0 Å². The molecule has 9 heteroatoms. The second-order valence-corrected chi connectivity index (χ2v) is 6.74. The summed E-state index contributed by atoms with van der Waals surface area (Å²) < 4.78 is 15.8. The molecule has 0 fully saturated rings. The zero-order chi connectivity index (χ0) is 19.6. The highest BCUT2D eigenvalue weighted by Gasteiger charge is 2.15. The average molecular weight is 412 g/mol. The Morgan fingerprint density at radius 2 is 1.89 bits per heavy atom. The largest absolute Gasteiger partial charge is 0.489 e. The monoisotopic (exact) mass is 411 g/mol. The van der Waals surface area contributed by atoms with E-state index >= 15 is 0 Å². The number of carbonyl (C=O) groups is 1. The highest BCUT2D eigenvalue weighted by Crippen LogP contribution is 2.32. The van der Waals surface area contributed by atoms with Gasteiger partial charge in [0.1, 0.15) is 0 Å². The number of benzene rings is 2. The summed E-state index contributed by atoms with van der Waals surface area (Å²) in [4.78, 5) is 22.9. The first-order chi connectivity index (χ1) is 13.0. The zero-order valence-corrected chi connectivity index (χ0v) is 16.1. The molecule has 0 saturated carbocycles. The first kappa shape index (κ1) is 20.9. The van der Waals surface area contributed by atoms with E-state index in [0.29, 0.717) is 23.1 Å². The third kappa shape index (κ3) is 6.99. The molecular formula is C18H18ClNO6S. The van der Waals surface area contributed by atoms with Crippen molar-refractivity contribution in [3.63, 3.8) is 0 Å². The number of hydrogen-bond acceptors (Lipinski definition) is 7. The number of nitro groups is 1. The molecule has 27 heavy (non-hydrogen) atoms. The molecule has 0 saturated heterocycles. The standard InChI is InChI=1S/C18H18ClNO6S/c1-2-24-18(21)12-26-17-11-14(20(22)23)5-8-16(17)25-9-10-27-15-6-3-13(19)4-7-15/h3-8,11H,2,9-10,12H2,1H3. The lowest BCUT2D eigenvalue weighted by Crippen LogP contribution is -2.15. The highest BCUT2D eigenvalue weighted by atomic mass is 35.5. The molecule has 0 spiro atoms.